The maximum atomic E-state index is 12.5. The first-order valence-corrected chi connectivity index (χ1v) is 10.2. The third-order valence-corrected chi connectivity index (χ3v) is 5.34. The zero-order chi connectivity index (χ0) is 21.6. The number of carbonyl (C=O) groups is 2. The van der Waals surface area contributed by atoms with Gasteiger partial charge in [-0.15, -0.1) is 5.10 Å². The molecule has 2 aromatic carbocycles. The summed E-state index contributed by atoms with van der Waals surface area (Å²) < 4.78 is 3.37. The van der Waals surface area contributed by atoms with Crippen LogP contribution >= 0.6 is 11.8 Å². The average molecular weight is 434 g/mol. The molecule has 2 N–H and O–H groups in total. The molecular weight excluding hydrogens is 416 g/mol. The largest absolute Gasteiger partial charge is 0.329 e. The molecule has 31 heavy (non-hydrogen) atoms. The van der Waals surface area contributed by atoms with Crippen LogP contribution in [0.5, 0.6) is 0 Å². The molecule has 0 radical (unpaired) electrons. The number of tetrazole rings is 1. The maximum Gasteiger partial charge on any atom is 0.255 e. The zero-order valence-corrected chi connectivity index (χ0v) is 17.3. The highest BCUT2D eigenvalue weighted by Gasteiger charge is 2.09. The predicted molar refractivity (Wildman–Crippen MR) is 116 cm³/mol. The first-order chi connectivity index (χ1) is 15.1. The fourth-order valence-corrected chi connectivity index (χ4v) is 3.44. The Morgan fingerprint density at radius 3 is 2.35 bits per heavy atom. The molecule has 4 aromatic rings. The van der Waals surface area contributed by atoms with Gasteiger partial charge in [0, 0.05) is 36.4 Å². The van der Waals surface area contributed by atoms with E-state index in [2.05, 4.69) is 31.1 Å². The van der Waals surface area contributed by atoms with Gasteiger partial charge in [0.2, 0.25) is 5.91 Å². The first-order valence-electron chi connectivity index (χ1n) is 9.23. The molecule has 0 saturated carbocycles. The molecule has 0 saturated heterocycles. The van der Waals surface area contributed by atoms with E-state index < -0.39 is 0 Å². The van der Waals surface area contributed by atoms with Crippen LogP contribution in [0.2, 0.25) is 0 Å². The second-order valence-electron chi connectivity index (χ2n) is 6.49. The summed E-state index contributed by atoms with van der Waals surface area (Å²) in [5, 5.41) is 17.4. The number of rotatable bonds is 7. The Morgan fingerprint density at radius 1 is 1.00 bits per heavy atom. The molecule has 10 nitrogen and oxygen atoms in total. The molecule has 156 valence electrons. The number of carbonyl (C=O) groups excluding carboxylic acids is 2. The van der Waals surface area contributed by atoms with Gasteiger partial charge in [0.15, 0.2) is 5.16 Å². The van der Waals surface area contributed by atoms with Crippen molar-refractivity contribution in [1.82, 2.24) is 29.8 Å². The van der Waals surface area contributed by atoms with Crippen LogP contribution in [0, 0.1) is 0 Å². The molecule has 2 aromatic heterocycles. The fourth-order valence-electron chi connectivity index (χ4n) is 2.70. The molecular formula is C20H18N8O2S. The number of imidazole rings is 1. The van der Waals surface area contributed by atoms with E-state index in [4.69, 9.17) is 0 Å². The van der Waals surface area contributed by atoms with Crippen LogP contribution in [0.15, 0.2) is 72.4 Å². The molecule has 0 fully saturated rings. The Hall–Kier alpha value is -3.99. The van der Waals surface area contributed by atoms with Gasteiger partial charge in [0.05, 0.1) is 11.4 Å². The minimum absolute atomic E-state index is 0.145. The zero-order valence-electron chi connectivity index (χ0n) is 16.5. The molecule has 0 spiro atoms. The van der Waals surface area contributed by atoms with Crippen LogP contribution in [0.25, 0.3) is 5.69 Å². The third kappa shape index (κ3) is 5.14. The molecule has 0 bridgehead atoms. The Labute approximate surface area is 181 Å². The van der Waals surface area contributed by atoms with Gasteiger partial charge in [0.25, 0.3) is 5.91 Å². The molecule has 2 heterocycles. The van der Waals surface area contributed by atoms with E-state index in [1.165, 1.54) is 22.8 Å². The molecule has 11 heteroatoms. The number of aromatic nitrogens is 6. The predicted octanol–water partition coefficient (Wildman–Crippen LogP) is 2.38. The number of aryl methyl sites for hydroxylation is 1. The quantitative estimate of drug-likeness (QED) is 0.429. The number of hydrogen-bond donors (Lipinski definition) is 2. The van der Waals surface area contributed by atoms with Crippen molar-refractivity contribution in [2.24, 2.45) is 7.05 Å². The summed E-state index contributed by atoms with van der Waals surface area (Å²) in [6, 6.07) is 13.8. The topological polar surface area (TPSA) is 120 Å². The van der Waals surface area contributed by atoms with E-state index in [1.54, 1.807) is 54.7 Å². The normalized spacial score (nSPS) is 10.6. The van der Waals surface area contributed by atoms with Crippen molar-refractivity contribution in [3.8, 4) is 5.69 Å². The number of hydrogen-bond acceptors (Lipinski definition) is 7. The maximum absolute atomic E-state index is 12.5. The summed E-state index contributed by atoms with van der Waals surface area (Å²) in [5.41, 5.74) is 2.52. The fraction of sp³-hybridized carbons (Fsp3) is 0.100. The van der Waals surface area contributed by atoms with E-state index in [9.17, 15) is 9.59 Å². The van der Waals surface area contributed by atoms with Crippen LogP contribution in [0.1, 0.15) is 10.4 Å². The molecule has 0 aliphatic carbocycles. The summed E-state index contributed by atoms with van der Waals surface area (Å²) in [7, 11) is 1.87. The molecule has 2 amide bonds. The summed E-state index contributed by atoms with van der Waals surface area (Å²) in [6.07, 6.45) is 5.00. The third-order valence-electron chi connectivity index (χ3n) is 4.28. The summed E-state index contributed by atoms with van der Waals surface area (Å²) in [5.74, 6) is -0.153. The smallest absolute Gasteiger partial charge is 0.255 e. The molecule has 0 unspecified atom stereocenters. The Bertz CT molecular complexity index is 1170. The Balaban J connectivity index is 1.30. The lowest BCUT2D eigenvalue weighted by Gasteiger charge is -2.08. The number of nitrogens with zero attached hydrogens (tertiary/aromatic N) is 6. The highest BCUT2D eigenvalue weighted by atomic mass is 32.2. The monoisotopic (exact) mass is 434 g/mol. The highest BCUT2D eigenvalue weighted by Crippen LogP contribution is 2.17. The number of benzene rings is 2. The van der Waals surface area contributed by atoms with E-state index in [1.807, 2.05) is 17.8 Å². The van der Waals surface area contributed by atoms with Crippen molar-refractivity contribution in [1.29, 1.82) is 0 Å². The van der Waals surface area contributed by atoms with Crippen LogP contribution in [0.4, 0.5) is 11.4 Å². The summed E-state index contributed by atoms with van der Waals surface area (Å²) >= 11 is 1.35. The Morgan fingerprint density at radius 2 is 1.71 bits per heavy atom. The second-order valence-corrected chi connectivity index (χ2v) is 7.43. The van der Waals surface area contributed by atoms with Gasteiger partial charge >= 0.3 is 0 Å². The average Bonchev–Trinajstić information content (AvgIpc) is 3.45. The van der Waals surface area contributed by atoms with Gasteiger partial charge in [-0.25, -0.2) is 9.67 Å². The van der Waals surface area contributed by atoms with Crippen LogP contribution in [-0.2, 0) is 11.8 Å². The summed E-state index contributed by atoms with van der Waals surface area (Å²) in [6.45, 7) is 0. The van der Waals surface area contributed by atoms with Crippen LogP contribution in [0.3, 0.4) is 0 Å². The Kier molecular flexibility index (Phi) is 6.03. The van der Waals surface area contributed by atoms with Gasteiger partial charge in [-0.3, -0.25) is 9.59 Å². The van der Waals surface area contributed by atoms with Crippen molar-refractivity contribution in [3.05, 3.63) is 72.8 Å². The highest BCUT2D eigenvalue weighted by molar-refractivity contribution is 7.99. The van der Waals surface area contributed by atoms with E-state index >= 15 is 0 Å². The molecule has 0 atom stereocenters. The van der Waals surface area contributed by atoms with Gasteiger partial charge in [0.1, 0.15) is 6.33 Å². The van der Waals surface area contributed by atoms with Crippen molar-refractivity contribution < 1.29 is 9.59 Å². The standard InChI is InChI=1S/C20H18N8O2S/c1-27-11-10-21-20(27)31-12-18(29)23-15-4-2-14(3-5-15)19(30)24-16-6-8-17(9-7-16)28-13-22-25-26-28/h2-11,13H,12H2,1H3,(H,23,29)(H,24,30). The SMILES string of the molecule is Cn1ccnc1SCC(=O)Nc1ccc(C(=O)Nc2ccc(-n3cnnn3)cc2)cc1. The van der Waals surface area contributed by atoms with Crippen molar-refractivity contribution in [2.45, 2.75) is 5.16 Å². The van der Waals surface area contributed by atoms with E-state index in [0.717, 1.165) is 10.8 Å². The van der Waals surface area contributed by atoms with Crippen molar-refractivity contribution in [3.63, 3.8) is 0 Å². The van der Waals surface area contributed by atoms with Crippen LogP contribution in [-0.4, -0.2) is 47.3 Å². The van der Waals surface area contributed by atoms with Gasteiger partial charge < -0.3 is 15.2 Å². The van der Waals surface area contributed by atoms with Crippen molar-refractivity contribution >= 4 is 35.0 Å². The number of nitrogens with one attached hydrogen (secondary N) is 2. The van der Waals surface area contributed by atoms with E-state index in [-0.39, 0.29) is 17.6 Å². The number of amides is 2. The summed E-state index contributed by atoms with van der Waals surface area (Å²) in [4.78, 5) is 28.8. The van der Waals surface area contributed by atoms with Crippen molar-refractivity contribution in [2.75, 3.05) is 16.4 Å². The number of anilines is 2. The lowest BCUT2D eigenvalue weighted by Crippen LogP contribution is -2.15. The van der Waals surface area contributed by atoms with Gasteiger partial charge in [-0.2, -0.15) is 0 Å². The lowest BCUT2D eigenvalue weighted by atomic mass is 10.2. The first kappa shape index (κ1) is 20.3. The number of thioether (sulfide) groups is 1. The van der Waals surface area contributed by atoms with Crippen LogP contribution < -0.4 is 10.6 Å². The molecule has 0 aliphatic rings. The van der Waals surface area contributed by atoms with Gasteiger partial charge in [-0.1, -0.05) is 11.8 Å². The van der Waals surface area contributed by atoms with Gasteiger partial charge in [-0.05, 0) is 59.0 Å². The minimum Gasteiger partial charge on any atom is -0.329 e. The van der Waals surface area contributed by atoms with E-state index in [0.29, 0.717) is 16.9 Å². The second kappa shape index (κ2) is 9.22. The minimum atomic E-state index is -0.251. The lowest BCUT2D eigenvalue weighted by molar-refractivity contribution is -0.113. The molecule has 0 aliphatic heterocycles. The molecule has 4 rings (SSSR count).